The van der Waals surface area contributed by atoms with Crippen molar-refractivity contribution >= 4 is 34.1 Å². The van der Waals surface area contributed by atoms with Gasteiger partial charge in [-0.15, -0.1) is 0 Å². The van der Waals surface area contributed by atoms with Gasteiger partial charge in [-0.05, 0) is 48.7 Å². The van der Waals surface area contributed by atoms with Crippen LogP contribution < -0.4 is 0 Å². The van der Waals surface area contributed by atoms with E-state index in [-0.39, 0.29) is 35.4 Å². The second kappa shape index (κ2) is 10.5. The minimum atomic E-state index is -0.965. The van der Waals surface area contributed by atoms with Gasteiger partial charge < -0.3 is 20.3 Å². The van der Waals surface area contributed by atoms with E-state index in [1.165, 1.54) is 24.3 Å². The number of aliphatic hydroxyl groups is 2. The molecule has 0 fully saturated rings. The number of fused-ring (bicyclic) bond motifs is 1. The Morgan fingerprint density at radius 1 is 0.944 bits per heavy atom. The van der Waals surface area contributed by atoms with Crippen LogP contribution in [0.3, 0.4) is 0 Å². The lowest BCUT2D eigenvalue weighted by Crippen LogP contribution is -2.11. The number of aliphatic hydroxyl groups excluding tert-OH is 2. The van der Waals surface area contributed by atoms with Gasteiger partial charge in [0, 0.05) is 11.1 Å². The van der Waals surface area contributed by atoms with Crippen molar-refractivity contribution in [2.24, 2.45) is 5.92 Å². The molecule has 0 radical (unpaired) electrons. The van der Waals surface area contributed by atoms with Crippen molar-refractivity contribution in [2.45, 2.75) is 25.9 Å². The molecule has 8 heteroatoms. The first-order chi connectivity index (χ1) is 17.2. The van der Waals surface area contributed by atoms with Gasteiger partial charge >= 0.3 is 5.97 Å². The van der Waals surface area contributed by atoms with Crippen molar-refractivity contribution in [3.05, 3.63) is 101 Å². The van der Waals surface area contributed by atoms with E-state index in [0.717, 1.165) is 6.07 Å². The first-order valence-electron chi connectivity index (χ1n) is 11.4. The van der Waals surface area contributed by atoms with Crippen LogP contribution in [0.5, 0.6) is 0 Å². The highest BCUT2D eigenvalue weighted by molar-refractivity contribution is 6.33. The zero-order valence-corrected chi connectivity index (χ0v) is 19.5. The first kappa shape index (κ1) is 24.8. The number of ketones is 1. The van der Waals surface area contributed by atoms with Crippen molar-refractivity contribution < 1.29 is 29.3 Å². The van der Waals surface area contributed by atoms with Crippen LogP contribution in [-0.2, 0) is 4.79 Å². The minimum absolute atomic E-state index is 0.0378. The summed E-state index contributed by atoms with van der Waals surface area (Å²) in [5, 5.41) is 31.0. The number of para-hydroxylation sites is 2. The number of nitrogens with one attached hydrogen (secondary N) is 1. The molecule has 0 spiro atoms. The number of aromatic nitrogens is 2. The molecule has 184 valence electrons. The number of hydrogen-bond donors (Lipinski definition) is 4. The number of nitrogens with zero attached hydrogens (tertiary/aromatic N) is 1. The van der Waals surface area contributed by atoms with E-state index in [1.807, 2.05) is 0 Å². The van der Waals surface area contributed by atoms with Crippen molar-refractivity contribution in [3.8, 4) is 0 Å². The van der Waals surface area contributed by atoms with Crippen LogP contribution in [0.1, 0.15) is 53.2 Å². The Hall–Kier alpha value is -4.30. The lowest BCUT2D eigenvalue weighted by Gasteiger charge is -2.15. The third-order valence-electron chi connectivity index (χ3n) is 6.02. The summed E-state index contributed by atoms with van der Waals surface area (Å²) in [6.07, 6.45) is -0.488. The Labute approximate surface area is 206 Å². The number of H-pyrrole nitrogens is 1. The summed E-state index contributed by atoms with van der Waals surface area (Å²) in [5.41, 5.74) is 1.83. The first-order valence-corrected chi connectivity index (χ1v) is 11.4. The molecule has 3 aromatic carbocycles. The standard InChI is InChI=1S/C28H25FN2O5/c1-16(28(35)36)12-13-23(32)17-6-4-7-18(14-17)25(33)24(26(34)19-8-5-9-20(29)15-19)27-30-21-10-2-3-11-22(21)31-27/h2-11,14-16,23,32-33H,12-13H2,1H3,(H,30,31)(H,35,36). The zero-order valence-electron chi connectivity index (χ0n) is 19.5. The van der Waals surface area contributed by atoms with Crippen LogP contribution in [0.25, 0.3) is 22.4 Å². The number of allylic oxidation sites excluding steroid dienone is 1. The number of Topliss-reactive ketones (excluding diaryl/α,β-unsaturated/α-hetero) is 1. The van der Waals surface area contributed by atoms with E-state index < -0.39 is 35.4 Å². The van der Waals surface area contributed by atoms with Crippen LogP contribution in [-0.4, -0.2) is 37.0 Å². The van der Waals surface area contributed by atoms with Crippen LogP contribution in [0.4, 0.5) is 4.39 Å². The predicted molar refractivity (Wildman–Crippen MR) is 134 cm³/mol. The van der Waals surface area contributed by atoms with Gasteiger partial charge in [-0.3, -0.25) is 9.59 Å². The van der Waals surface area contributed by atoms with E-state index in [0.29, 0.717) is 16.6 Å². The highest BCUT2D eigenvalue weighted by Crippen LogP contribution is 2.30. The largest absolute Gasteiger partial charge is 0.506 e. The molecule has 4 aromatic rings. The number of carbonyl (C=O) groups is 2. The van der Waals surface area contributed by atoms with Crippen LogP contribution in [0, 0.1) is 11.7 Å². The van der Waals surface area contributed by atoms with E-state index in [2.05, 4.69) is 9.97 Å². The number of carbonyl (C=O) groups excluding carboxylic acids is 1. The Kier molecular flexibility index (Phi) is 7.26. The number of hydrogen-bond acceptors (Lipinski definition) is 5. The maximum absolute atomic E-state index is 13.9. The second-order valence-electron chi connectivity index (χ2n) is 8.62. The number of imidazole rings is 1. The topological polar surface area (TPSA) is 124 Å². The van der Waals surface area contributed by atoms with E-state index in [4.69, 9.17) is 5.11 Å². The number of aliphatic carboxylic acids is 1. The summed E-state index contributed by atoms with van der Waals surface area (Å²) >= 11 is 0. The SMILES string of the molecule is CC(CCC(O)c1cccc(C(O)=C(C(=O)c2cccc(F)c2)c2nc3ccccc3[nH]2)c1)C(=O)O. The molecule has 36 heavy (non-hydrogen) atoms. The fourth-order valence-electron chi connectivity index (χ4n) is 3.91. The molecule has 2 unspecified atom stereocenters. The lowest BCUT2D eigenvalue weighted by atomic mass is 9.95. The van der Waals surface area contributed by atoms with Crippen molar-refractivity contribution in [1.29, 1.82) is 0 Å². The summed E-state index contributed by atoms with van der Waals surface area (Å²) < 4.78 is 13.9. The van der Waals surface area contributed by atoms with E-state index >= 15 is 0 Å². The number of halogens is 1. The van der Waals surface area contributed by atoms with Crippen molar-refractivity contribution in [1.82, 2.24) is 9.97 Å². The number of benzene rings is 3. The summed E-state index contributed by atoms with van der Waals surface area (Å²) in [6, 6.07) is 18.7. The Balaban J connectivity index is 1.77. The molecule has 4 rings (SSSR count). The quantitative estimate of drug-likeness (QED) is 0.139. The van der Waals surface area contributed by atoms with Crippen LogP contribution in [0.15, 0.2) is 72.8 Å². The Morgan fingerprint density at radius 3 is 2.39 bits per heavy atom. The number of carboxylic acids is 1. The molecule has 0 aliphatic heterocycles. The number of carboxylic acid groups (broad SMARTS) is 1. The summed E-state index contributed by atoms with van der Waals surface area (Å²) in [7, 11) is 0. The average Bonchev–Trinajstić information content (AvgIpc) is 3.30. The van der Waals surface area contributed by atoms with Gasteiger partial charge in [-0.25, -0.2) is 9.37 Å². The second-order valence-corrected chi connectivity index (χ2v) is 8.62. The summed E-state index contributed by atoms with van der Waals surface area (Å²) in [4.78, 5) is 32.1. The van der Waals surface area contributed by atoms with E-state index in [9.17, 15) is 24.2 Å². The molecule has 1 heterocycles. The maximum atomic E-state index is 13.9. The van der Waals surface area contributed by atoms with Gasteiger partial charge in [0.2, 0.25) is 5.78 Å². The molecule has 0 saturated heterocycles. The Bertz CT molecular complexity index is 1430. The van der Waals surface area contributed by atoms with Gasteiger partial charge in [0.25, 0.3) is 0 Å². The van der Waals surface area contributed by atoms with E-state index in [1.54, 1.807) is 49.4 Å². The van der Waals surface area contributed by atoms with Gasteiger partial charge in [0.05, 0.1) is 23.1 Å². The smallest absolute Gasteiger partial charge is 0.306 e. The van der Waals surface area contributed by atoms with Gasteiger partial charge in [0.15, 0.2) is 0 Å². The number of rotatable bonds is 9. The van der Waals surface area contributed by atoms with Gasteiger partial charge in [-0.1, -0.05) is 49.4 Å². The van der Waals surface area contributed by atoms with Crippen LogP contribution >= 0.6 is 0 Å². The fourth-order valence-corrected chi connectivity index (χ4v) is 3.91. The average molecular weight is 489 g/mol. The fraction of sp³-hybridized carbons (Fsp3) is 0.179. The van der Waals surface area contributed by atoms with Crippen molar-refractivity contribution in [2.75, 3.05) is 0 Å². The highest BCUT2D eigenvalue weighted by atomic mass is 19.1. The molecule has 0 aliphatic carbocycles. The molecule has 7 nitrogen and oxygen atoms in total. The zero-order chi connectivity index (χ0) is 25.8. The monoisotopic (exact) mass is 488 g/mol. The van der Waals surface area contributed by atoms with Gasteiger partial charge in [-0.2, -0.15) is 0 Å². The molecule has 4 N–H and O–H groups in total. The highest BCUT2D eigenvalue weighted by Gasteiger charge is 2.24. The molecular weight excluding hydrogens is 463 g/mol. The van der Waals surface area contributed by atoms with Crippen LogP contribution in [0.2, 0.25) is 0 Å². The molecule has 1 aromatic heterocycles. The molecule has 0 bridgehead atoms. The molecule has 2 atom stereocenters. The van der Waals surface area contributed by atoms with Crippen molar-refractivity contribution in [3.63, 3.8) is 0 Å². The summed E-state index contributed by atoms with van der Waals surface area (Å²) in [6.45, 7) is 1.57. The minimum Gasteiger partial charge on any atom is -0.506 e. The third-order valence-corrected chi connectivity index (χ3v) is 6.02. The molecule has 0 aliphatic rings. The summed E-state index contributed by atoms with van der Waals surface area (Å²) in [5.74, 6) is -3.06. The lowest BCUT2D eigenvalue weighted by molar-refractivity contribution is -0.141. The predicted octanol–water partition coefficient (Wildman–Crippen LogP) is 5.55. The van der Waals surface area contributed by atoms with Gasteiger partial charge in [0.1, 0.15) is 23.0 Å². The molecule has 0 saturated carbocycles. The normalized spacial score (nSPS) is 13.8. The Morgan fingerprint density at radius 2 is 1.67 bits per heavy atom. The number of aromatic amines is 1. The molecular formula is C28H25FN2O5. The molecule has 0 amide bonds. The third kappa shape index (κ3) is 5.34. The maximum Gasteiger partial charge on any atom is 0.306 e.